The van der Waals surface area contributed by atoms with Crippen molar-refractivity contribution in [3.8, 4) is 11.5 Å². The number of hydrogen-bond donors (Lipinski definition) is 0. The van der Waals surface area contributed by atoms with Crippen LogP contribution in [0.5, 0.6) is 11.5 Å². The van der Waals surface area contributed by atoms with E-state index in [1.54, 1.807) is 0 Å². The largest absolute Gasteiger partial charge is 1.51 e. The Morgan fingerprint density at radius 2 is 1.00 bits per heavy atom. The molecule has 0 radical (unpaired) electrons. The van der Waals surface area contributed by atoms with Gasteiger partial charge in [0.2, 0.25) is 0 Å². The molecule has 0 bridgehead atoms. The van der Waals surface area contributed by atoms with Crippen molar-refractivity contribution >= 4 is 27.2 Å². The molecule has 222 valence electrons. The van der Waals surface area contributed by atoms with Crippen molar-refractivity contribution in [1.82, 2.24) is 0 Å². The van der Waals surface area contributed by atoms with Crippen LogP contribution < -0.4 is 9.47 Å². The Labute approximate surface area is 245 Å². The lowest BCUT2D eigenvalue weighted by molar-refractivity contribution is -0.137. The van der Waals surface area contributed by atoms with Gasteiger partial charge in [-0.2, -0.15) is 10.2 Å². The van der Waals surface area contributed by atoms with Gasteiger partial charge < -0.3 is 24.1 Å². The SMILES string of the molecule is C=CC(=O)OCCCCCCCCCOc1ccc(N=Nc2ccc(OCCCCCCCCC)cc2)cc1.[PH-2]. The summed E-state index contributed by atoms with van der Waals surface area (Å²) >= 11 is 0. The summed E-state index contributed by atoms with van der Waals surface area (Å²) in [6.45, 7) is 7.60. The fourth-order valence-corrected chi connectivity index (χ4v) is 4.09. The first-order valence-corrected chi connectivity index (χ1v) is 14.9. The maximum Gasteiger partial charge on any atom is 0.330 e. The van der Waals surface area contributed by atoms with Crippen molar-refractivity contribution in [3.63, 3.8) is 0 Å². The molecule has 7 heteroatoms. The highest BCUT2D eigenvalue weighted by molar-refractivity contribution is 6.92. The molecule has 0 heterocycles. The van der Waals surface area contributed by atoms with E-state index in [1.165, 1.54) is 63.9 Å². The number of rotatable bonds is 23. The molecule has 0 aromatic heterocycles. The molecule has 6 nitrogen and oxygen atoms in total. The van der Waals surface area contributed by atoms with Crippen LogP contribution in [-0.4, -0.2) is 25.8 Å². The highest BCUT2D eigenvalue weighted by Crippen LogP contribution is 2.23. The topological polar surface area (TPSA) is 69.5 Å². The minimum atomic E-state index is -0.338. The number of nitrogens with zero attached hydrogens (tertiary/aromatic N) is 2. The third kappa shape index (κ3) is 17.8. The Bertz CT molecular complexity index is 932. The van der Waals surface area contributed by atoms with Gasteiger partial charge in [0, 0.05) is 6.08 Å². The summed E-state index contributed by atoms with van der Waals surface area (Å²) in [4.78, 5) is 11.0. The third-order valence-corrected chi connectivity index (χ3v) is 6.44. The quantitative estimate of drug-likeness (QED) is 0.0439. The van der Waals surface area contributed by atoms with E-state index in [-0.39, 0.29) is 15.9 Å². The Hall–Kier alpha value is -2.72. The van der Waals surface area contributed by atoms with Crippen LogP contribution in [0.4, 0.5) is 11.4 Å². The Morgan fingerprint density at radius 3 is 1.40 bits per heavy atom. The molecular weight excluding hydrogens is 519 g/mol. The standard InChI is InChI=1S/C33H48N2O4.HP/c1-3-5-6-7-9-12-15-26-37-31-22-18-29(19-23-31)34-35-30-20-24-32(25-21-30)38-27-16-13-10-8-11-14-17-28-39-33(36)4-2;/h4,18-25H,2-3,5-17,26-28H2,1H3;1H/q;-2. The minimum Gasteiger partial charge on any atom is -1.51 e. The van der Waals surface area contributed by atoms with Crippen LogP contribution in [0.2, 0.25) is 0 Å². The molecule has 0 saturated heterocycles. The van der Waals surface area contributed by atoms with Gasteiger partial charge in [0.1, 0.15) is 11.5 Å². The average Bonchev–Trinajstić information content (AvgIpc) is 2.97. The molecule has 0 aliphatic carbocycles. The molecule has 0 saturated carbocycles. The number of esters is 1. The lowest BCUT2D eigenvalue weighted by atomic mass is 10.1. The zero-order valence-electron chi connectivity index (χ0n) is 24.5. The Balaban J connectivity index is 0.00000800. The van der Waals surface area contributed by atoms with Gasteiger partial charge in [-0.1, -0.05) is 84.1 Å². The fraction of sp³-hybridized carbons (Fsp3) is 0.545. The monoisotopic (exact) mass is 568 g/mol. The summed E-state index contributed by atoms with van der Waals surface area (Å²) in [5.41, 5.74) is 1.59. The summed E-state index contributed by atoms with van der Waals surface area (Å²) in [5, 5.41) is 8.67. The van der Waals surface area contributed by atoms with Gasteiger partial charge in [-0.05, 0) is 67.8 Å². The van der Waals surface area contributed by atoms with Gasteiger partial charge in [-0.25, -0.2) is 4.79 Å². The predicted molar refractivity (Wildman–Crippen MR) is 168 cm³/mol. The van der Waals surface area contributed by atoms with Gasteiger partial charge in [-0.15, -0.1) is 0 Å². The zero-order chi connectivity index (χ0) is 27.8. The van der Waals surface area contributed by atoms with E-state index in [4.69, 9.17) is 14.2 Å². The smallest absolute Gasteiger partial charge is 0.330 e. The van der Waals surface area contributed by atoms with E-state index < -0.39 is 0 Å². The number of carbonyl (C=O) groups excluding carboxylic acids is 1. The van der Waals surface area contributed by atoms with Crippen molar-refractivity contribution in [2.24, 2.45) is 10.2 Å². The van der Waals surface area contributed by atoms with Crippen LogP contribution >= 0.6 is 9.90 Å². The van der Waals surface area contributed by atoms with E-state index in [0.29, 0.717) is 13.2 Å². The molecule has 0 aliphatic heterocycles. The molecule has 0 atom stereocenters. The molecule has 0 amide bonds. The number of azo groups is 1. The van der Waals surface area contributed by atoms with Gasteiger partial charge in [-0.3, -0.25) is 0 Å². The third-order valence-electron chi connectivity index (χ3n) is 6.44. The highest BCUT2D eigenvalue weighted by Gasteiger charge is 1.99. The number of ether oxygens (including phenoxy) is 3. The van der Waals surface area contributed by atoms with Gasteiger partial charge >= 0.3 is 5.97 Å². The summed E-state index contributed by atoms with van der Waals surface area (Å²) in [6, 6.07) is 15.5. The summed E-state index contributed by atoms with van der Waals surface area (Å²) in [6.07, 6.45) is 17.9. The second-order valence-electron chi connectivity index (χ2n) is 9.85. The summed E-state index contributed by atoms with van der Waals surface area (Å²) in [5.74, 6) is 1.39. The van der Waals surface area contributed by atoms with Crippen LogP contribution in [-0.2, 0) is 9.53 Å². The van der Waals surface area contributed by atoms with Crippen LogP contribution in [0.1, 0.15) is 96.8 Å². The highest BCUT2D eigenvalue weighted by atomic mass is 31.0. The molecule has 2 rings (SSSR count). The molecule has 0 aliphatic rings. The van der Waals surface area contributed by atoms with Crippen LogP contribution in [0.25, 0.3) is 0 Å². The number of benzene rings is 2. The van der Waals surface area contributed by atoms with E-state index in [1.807, 2.05) is 48.5 Å². The maximum absolute atomic E-state index is 11.0. The molecule has 0 unspecified atom stereocenters. The fourth-order valence-electron chi connectivity index (χ4n) is 4.09. The summed E-state index contributed by atoms with van der Waals surface area (Å²) < 4.78 is 16.7. The molecule has 0 spiro atoms. The second kappa shape index (κ2) is 24.1. The van der Waals surface area contributed by atoms with Crippen molar-refractivity contribution in [1.29, 1.82) is 0 Å². The van der Waals surface area contributed by atoms with Gasteiger partial charge in [0.15, 0.2) is 0 Å². The Morgan fingerprint density at radius 1 is 0.625 bits per heavy atom. The van der Waals surface area contributed by atoms with Crippen molar-refractivity contribution in [3.05, 3.63) is 61.2 Å². The Kier molecular flexibility index (Phi) is 21.3. The molecule has 0 N–H and O–H groups in total. The van der Waals surface area contributed by atoms with Crippen LogP contribution in [0.15, 0.2) is 71.4 Å². The lowest BCUT2D eigenvalue weighted by Gasteiger charge is -2.07. The van der Waals surface area contributed by atoms with Crippen LogP contribution in [0.3, 0.4) is 0 Å². The first-order valence-electron chi connectivity index (χ1n) is 14.9. The zero-order valence-corrected chi connectivity index (χ0v) is 25.5. The molecule has 40 heavy (non-hydrogen) atoms. The second-order valence-corrected chi connectivity index (χ2v) is 9.85. The number of carbonyl (C=O) groups is 1. The van der Waals surface area contributed by atoms with E-state index in [9.17, 15) is 4.79 Å². The maximum atomic E-state index is 11.0. The van der Waals surface area contributed by atoms with E-state index in [2.05, 4.69) is 23.7 Å². The number of unbranched alkanes of at least 4 members (excludes halogenated alkanes) is 12. The van der Waals surface area contributed by atoms with Crippen molar-refractivity contribution in [2.45, 2.75) is 96.8 Å². The minimum absolute atomic E-state index is 0. The predicted octanol–water partition coefficient (Wildman–Crippen LogP) is 10.7. The molecule has 2 aromatic rings. The normalized spacial score (nSPS) is 10.7. The molecule has 2 aromatic carbocycles. The van der Waals surface area contributed by atoms with Crippen LogP contribution in [0, 0.1) is 0 Å². The summed E-state index contributed by atoms with van der Waals surface area (Å²) in [7, 11) is 0. The van der Waals surface area contributed by atoms with E-state index in [0.717, 1.165) is 61.6 Å². The van der Waals surface area contributed by atoms with E-state index >= 15 is 0 Å². The molecular formula is C33H49N2O4P-2. The average molecular weight is 569 g/mol. The first kappa shape index (κ1) is 35.3. The van der Waals surface area contributed by atoms with Crippen molar-refractivity contribution < 1.29 is 19.0 Å². The lowest BCUT2D eigenvalue weighted by Crippen LogP contribution is -2.01. The van der Waals surface area contributed by atoms with Gasteiger partial charge in [0.25, 0.3) is 0 Å². The van der Waals surface area contributed by atoms with Crippen molar-refractivity contribution in [2.75, 3.05) is 19.8 Å². The molecule has 0 fully saturated rings. The first-order chi connectivity index (χ1) is 19.2. The van der Waals surface area contributed by atoms with Gasteiger partial charge in [0.05, 0.1) is 31.2 Å². The number of hydrogen-bond acceptors (Lipinski definition) is 6.